The van der Waals surface area contributed by atoms with Gasteiger partial charge in [0.2, 0.25) is 0 Å². The summed E-state index contributed by atoms with van der Waals surface area (Å²) in [6.45, 7) is 5.12. The van der Waals surface area contributed by atoms with Gasteiger partial charge in [-0.15, -0.1) is 12.3 Å². The molecule has 0 aromatic carbocycles. The fourth-order valence-corrected chi connectivity index (χ4v) is 0.749. The molecule has 5 radical (unpaired) electrons. The van der Waals surface area contributed by atoms with Crippen LogP contribution in [0.5, 0.6) is 0 Å². The minimum Gasteiger partial charge on any atom is -0.550 e. The Kier molecular flexibility index (Phi) is 29.0. The Hall–Kier alpha value is -1.19. The maximum Gasteiger partial charge on any atom is 0.0451 e. The molecule has 1 aliphatic carbocycles. The van der Waals surface area contributed by atoms with E-state index in [0.717, 1.165) is 18.3 Å². The number of carbonyl (C=O) groups excluding carboxylic acids is 3. The monoisotopic (exact) mass is 566 g/mol. The number of hydrogen-bond donors (Lipinski definition) is 0. The summed E-state index contributed by atoms with van der Waals surface area (Å²) >= 11 is 3.29. The summed E-state index contributed by atoms with van der Waals surface area (Å²) in [7, 11) is 0. The number of carboxylic acids is 3. The van der Waals surface area contributed by atoms with E-state index in [-0.39, 0.29) is 33.7 Å². The molecular formula is C14H15BrO6Pb-3. The molecule has 0 aromatic heterocycles. The quantitative estimate of drug-likeness (QED) is 0.232. The Balaban J connectivity index is -0.000000100. The van der Waals surface area contributed by atoms with Crippen molar-refractivity contribution >= 4 is 61.1 Å². The fourth-order valence-electron chi connectivity index (χ4n) is 0.484. The number of allylic oxidation sites excluding steroid dienone is 3. The Morgan fingerprint density at radius 3 is 1.68 bits per heavy atom. The van der Waals surface area contributed by atoms with E-state index >= 15 is 0 Å². The predicted molar refractivity (Wildman–Crippen MR) is 80.9 cm³/mol. The summed E-state index contributed by atoms with van der Waals surface area (Å²) in [6, 6.07) is 0. The molecule has 121 valence electrons. The third-order valence-electron chi connectivity index (χ3n) is 0.989. The Bertz CT molecular complexity index is 417. The van der Waals surface area contributed by atoms with Gasteiger partial charge in [-0.2, -0.15) is 0 Å². The van der Waals surface area contributed by atoms with Gasteiger partial charge in [0.25, 0.3) is 0 Å². The van der Waals surface area contributed by atoms with E-state index in [0.29, 0.717) is 0 Å². The summed E-state index contributed by atoms with van der Waals surface area (Å²) < 4.78 is 1.10. The van der Waals surface area contributed by atoms with Gasteiger partial charge >= 0.3 is 0 Å². The van der Waals surface area contributed by atoms with Gasteiger partial charge < -0.3 is 29.7 Å². The molecule has 0 spiro atoms. The van der Waals surface area contributed by atoms with Crippen LogP contribution >= 0.6 is 15.9 Å². The van der Waals surface area contributed by atoms with E-state index in [9.17, 15) is 9.90 Å². The van der Waals surface area contributed by atoms with Gasteiger partial charge in [0, 0.05) is 62.5 Å². The van der Waals surface area contributed by atoms with Crippen LogP contribution in [-0.2, 0) is 14.4 Å². The van der Waals surface area contributed by atoms with Crippen LogP contribution in [0.4, 0.5) is 0 Å². The summed E-state index contributed by atoms with van der Waals surface area (Å²) in [4.78, 5) is 27.2. The van der Waals surface area contributed by atoms with Crippen LogP contribution < -0.4 is 15.3 Å². The molecule has 0 saturated carbocycles. The Morgan fingerprint density at radius 1 is 1.18 bits per heavy atom. The maximum atomic E-state index is 9.42. The largest absolute Gasteiger partial charge is 0.550 e. The first-order valence-corrected chi connectivity index (χ1v) is 6.20. The van der Waals surface area contributed by atoms with Crippen LogP contribution in [0.25, 0.3) is 0 Å². The minimum atomic E-state index is -1.08. The van der Waals surface area contributed by atoms with Gasteiger partial charge in [-0.05, 0) is 32.1 Å². The van der Waals surface area contributed by atoms with Crippen LogP contribution in [0.1, 0.15) is 20.3 Å². The van der Waals surface area contributed by atoms with Gasteiger partial charge in [0.1, 0.15) is 0 Å². The molecule has 0 amide bonds. The third-order valence-corrected chi connectivity index (χ3v) is 1.52. The number of halogens is 1. The topological polar surface area (TPSA) is 120 Å². The third kappa shape index (κ3) is 62.0. The van der Waals surface area contributed by atoms with Crippen LogP contribution in [0.3, 0.4) is 0 Å². The maximum absolute atomic E-state index is 9.42. The molecule has 0 aromatic rings. The van der Waals surface area contributed by atoms with Crippen molar-refractivity contribution in [2.24, 2.45) is 0 Å². The smallest absolute Gasteiger partial charge is 0.0451 e. The van der Waals surface area contributed by atoms with Crippen molar-refractivity contribution in [2.45, 2.75) is 20.3 Å². The van der Waals surface area contributed by atoms with Crippen molar-refractivity contribution in [1.29, 1.82) is 0 Å². The normalized spacial score (nSPS) is 9.68. The second kappa shape index (κ2) is 22.1. The molecule has 0 saturated heterocycles. The van der Waals surface area contributed by atoms with Gasteiger partial charge in [0.15, 0.2) is 0 Å². The fraction of sp³-hybridized carbons (Fsp3) is 0.214. The van der Waals surface area contributed by atoms with Crippen LogP contribution in [0.15, 0.2) is 41.1 Å². The molecule has 0 N–H and O–H groups in total. The average molecular weight is 566 g/mol. The first kappa shape index (κ1) is 28.9. The molecule has 8 heteroatoms. The van der Waals surface area contributed by atoms with Crippen molar-refractivity contribution in [1.82, 2.24) is 0 Å². The molecular weight excluding hydrogens is 551 g/mol. The predicted octanol–water partition coefficient (Wildman–Crippen LogP) is -1.36. The van der Waals surface area contributed by atoms with E-state index in [1.807, 2.05) is 24.6 Å². The van der Waals surface area contributed by atoms with Crippen LogP contribution in [0.2, 0.25) is 0 Å². The van der Waals surface area contributed by atoms with Crippen molar-refractivity contribution < 1.29 is 29.7 Å². The summed E-state index contributed by atoms with van der Waals surface area (Å²) in [5.74, 6) is -3.25. The number of carboxylic acid groups (broad SMARTS) is 3. The average Bonchev–Trinajstić information content (AvgIpc) is 2.28. The van der Waals surface area contributed by atoms with Crippen molar-refractivity contribution in [3.05, 3.63) is 47.5 Å². The first-order valence-electron chi connectivity index (χ1n) is 5.41. The van der Waals surface area contributed by atoms with Crippen LogP contribution in [-0.4, -0.2) is 45.2 Å². The standard InChI is InChI=1S/C6H4Br.C4H6O2.2C2H4O2.Pb/c7-6-4-2-1-3-5-6;1-2-3-4(5)6;2*1-2(3)4;/h2-5H;2H,1,3H2,(H,5,6);2*1H3,(H,3,4);/p-3. The molecule has 1 rings (SSSR count). The molecule has 0 aliphatic heterocycles. The van der Waals surface area contributed by atoms with E-state index in [1.54, 1.807) is 0 Å². The van der Waals surface area contributed by atoms with Gasteiger partial charge in [-0.1, -0.05) is 22.0 Å². The zero-order chi connectivity index (χ0) is 17.3. The van der Waals surface area contributed by atoms with E-state index < -0.39 is 17.9 Å². The van der Waals surface area contributed by atoms with Crippen LogP contribution in [0, 0.1) is 6.42 Å². The molecule has 6 nitrogen and oxygen atoms in total. The van der Waals surface area contributed by atoms with Gasteiger partial charge in [0.05, 0.1) is 0 Å². The minimum absolute atomic E-state index is 0. The summed E-state index contributed by atoms with van der Waals surface area (Å²) in [6.07, 6.45) is 8.85. The number of hydrogen-bond acceptors (Lipinski definition) is 6. The van der Waals surface area contributed by atoms with Crippen molar-refractivity contribution in [3.63, 3.8) is 0 Å². The second-order valence-corrected chi connectivity index (χ2v) is 3.98. The molecule has 22 heavy (non-hydrogen) atoms. The zero-order valence-corrected chi connectivity index (χ0v) is 17.6. The second-order valence-electron chi connectivity index (χ2n) is 3.07. The molecule has 0 fully saturated rings. The zero-order valence-electron chi connectivity index (χ0n) is 12.1. The summed E-state index contributed by atoms with van der Waals surface area (Å²) in [5, 5.41) is 27.2. The number of aliphatic carboxylic acids is 3. The van der Waals surface area contributed by atoms with Gasteiger partial charge in [-0.25, -0.2) is 0 Å². The Labute approximate surface area is 158 Å². The molecule has 1 aliphatic rings. The molecule has 0 heterocycles. The van der Waals surface area contributed by atoms with Crippen molar-refractivity contribution in [2.75, 3.05) is 0 Å². The molecule has 0 unspecified atom stereocenters. The van der Waals surface area contributed by atoms with Gasteiger partial charge in [-0.3, -0.25) is 0 Å². The number of rotatable bonds is 2. The first-order chi connectivity index (χ1) is 9.63. The molecule has 0 atom stereocenters. The van der Waals surface area contributed by atoms with E-state index in [2.05, 4.69) is 28.2 Å². The molecule has 0 bridgehead atoms. The summed E-state index contributed by atoms with van der Waals surface area (Å²) in [5.41, 5.74) is 2.90. The SMILES string of the molecule is BrC1=CC=C=C[CH]1.C=CCC(=O)[O-].CC(=O)[O-].CC(=O)[O-].[Pb]. The van der Waals surface area contributed by atoms with Crippen molar-refractivity contribution in [3.8, 4) is 0 Å². The van der Waals surface area contributed by atoms with E-state index in [4.69, 9.17) is 19.8 Å². The Morgan fingerprint density at radius 2 is 1.59 bits per heavy atom. The number of carbonyl (C=O) groups is 3. The van der Waals surface area contributed by atoms with E-state index in [1.165, 1.54) is 6.08 Å².